The average molecular weight is 344 g/mol. The minimum Gasteiger partial charge on any atom is -0.480 e. The van der Waals surface area contributed by atoms with Crippen LogP contribution in [0.2, 0.25) is 0 Å². The number of likely N-dealkylation sites (tertiary alicyclic amines) is 2. The fraction of sp³-hybridized carbons (Fsp3) is 0.667. The van der Waals surface area contributed by atoms with E-state index in [-0.39, 0.29) is 11.5 Å². The van der Waals surface area contributed by atoms with Crippen LogP contribution in [0.1, 0.15) is 49.3 Å². The van der Waals surface area contributed by atoms with E-state index in [0.29, 0.717) is 0 Å². The molecule has 2 aliphatic rings. The Bertz CT molecular complexity index is 600. The van der Waals surface area contributed by atoms with Crippen LogP contribution in [0.25, 0.3) is 0 Å². The van der Waals surface area contributed by atoms with E-state index < -0.39 is 5.97 Å². The lowest BCUT2D eigenvalue weighted by atomic mass is 9.76. The van der Waals surface area contributed by atoms with Crippen molar-refractivity contribution in [3.8, 4) is 0 Å². The molecule has 0 radical (unpaired) electrons. The second kappa shape index (κ2) is 7.46. The lowest BCUT2D eigenvalue weighted by molar-refractivity contribution is -0.142. The molecule has 0 amide bonds. The topological polar surface area (TPSA) is 43.8 Å². The predicted molar refractivity (Wildman–Crippen MR) is 101 cm³/mol. The second-order valence-corrected chi connectivity index (χ2v) is 8.30. The molecule has 0 bridgehead atoms. The predicted octanol–water partition coefficient (Wildman–Crippen LogP) is 3.45. The molecule has 4 nitrogen and oxygen atoms in total. The summed E-state index contributed by atoms with van der Waals surface area (Å²) in [5, 5.41) is 9.57. The van der Waals surface area contributed by atoms with Gasteiger partial charge in [-0.15, -0.1) is 0 Å². The Kier molecular flexibility index (Phi) is 5.49. The van der Waals surface area contributed by atoms with Crippen LogP contribution in [0, 0.1) is 19.3 Å². The van der Waals surface area contributed by atoms with Crippen LogP contribution in [0.4, 0.5) is 0 Å². The molecule has 0 aliphatic carbocycles. The SMILES string of the molecule is CCCN1CC2(CCN(Cc3cc(C)cc(C)c3)CC2)C[C@H]1C(=O)O. The zero-order valence-corrected chi connectivity index (χ0v) is 15.9. The standard InChI is InChI=1S/C21H32N2O2/c1-4-7-23-15-21(13-19(23)20(24)25)5-8-22(9-6-21)14-18-11-16(2)10-17(3)12-18/h10-12,19H,4-9,13-15H2,1-3H3,(H,24,25)/t19-/m0/s1. The van der Waals surface area contributed by atoms with Gasteiger partial charge in [0.25, 0.3) is 0 Å². The van der Waals surface area contributed by atoms with Crippen LogP contribution in [0.5, 0.6) is 0 Å². The Balaban J connectivity index is 1.60. The van der Waals surface area contributed by atoms with Crippen molar-refractivity contribution < 1.29 is 9.90 Å². The molecule has 0 unspecified atom stereocenters. The molecule has 138 valence electrons. The van der Waals surface area contributed by atoms with E-state index >= 15 is 0 Å². The van der Waals surface area contributed by atoms with Crippen molar-refractivity contribution in [1.82, 2.24) is 9.80 Å². The highest BCUT2D eigenvalue weighted by Crippen LogP contribution is 2.43. The molecule has 0 saturated carbocycles. The molecule has 25 heavy (non-hydrogen) atoms. The Morgan fingerprint density at radius 2 is 1.84 bits per heavy atom. The molecule has 2 heterocycles. The van der Waals surface area contributed by atoms with Crippen LogP contribution < -0.4 is 0 Å². The summed E-state index contributed by atoms with van der Waals surface area (Å²) in [5.74, 6) is -0.636. The van der Waals surface area contributed by atoms with E-state index in [0.717, 1.165) is 58.4 Å². The van der Waals surface area contributed by atoms with Crippen LogP contribution >= 0.6 is 0 Å². The lowest BCUT2D eigenvalue weighted by Gasteiger charge is -2.39. The van der Waals surface area contributed by atoms with Crippen molar-refractivity contribution in [3.63, 3.8) is 0 Å². The maximum Gasteiger partial charge on any atom is 0.320 e. The van der Waals surface area contributed by atoms with E-state index in [1.807, 2.05) is 0 Å². The third kappa shape index (κ3) is 4.24. The van der Waals surface area contributed by atoms with Gasteiger partial charge >= 0.3 is 5.97 Å². The van der Waals surface area contributed by atoms with E-state index in [1.54, 1.807) is 0 Å². The zero-order chi connectivity index (χ0) is 18.0. The number of rotatable bonds is 5. The smallest absolute Gasteiger partial charge is 0.320 e. The van der Waals surface area contributed by atoms with Gasteiger partial charge in [-0.1, -0.05) is 36.2 Å². The third-order valence-electron chi connectivity index (χ3n) is 6.01. The summed E-state index contributed by atoms with van der Waals surface area (Å²) >= 11 is 0. The lowest BCUT2D eigenvalue weighted by Crippen LogP contribution is -2.41. The number of hydrogen-bond donors (Lipinski definition) is 1. The molecule has 1 aromatic carbocycles. The van der Waals surface area contributed by atoms with E-state index in [9.17, 15) is 9.90 Å². The monoisotopic (exact) mass is 344 g/mol. The van der Waals surface area contributed by atoms with Crippen molar-refractivity contribution in [2.45, 2.75) is 59.0 Å². The third-order valence-corrected chi connectivity index (χ3v) is 6.01. The van der Waals surface area contributed by atoms with Gasteiger partial charge in [0.1, 0.15) is 6.04 Å². The summed E-state index contributed by atoms with van der Waals surface area (Å²) in [5.41, 5.74) is 4.28. The van der Waals surface area contributed by atoms with Crippen molar-refractivity contribution in [1.29, 1.82) is 0 Å². The van der Waals surface area contributed by atoms with E-state index in [4.69, 9.17) is 0 Å². The summed E-state index contributed by atoms with van der Waals surface area (Å²) in [7, 11) is 0. The number of piperidine rings is 1. The number of carboxylic acids is 1. The quantitative estimate of drug-likeness (QED) is 0.888. The first-order valence-electron chi connectivity index (χ1n) is 9.67. The molecule has 3 rings (SSSR count). The molecule has 2 fully saturated rings. The summed E-state index contributed by atoms with van der Waals surface area (Å²) in [6.45, 7) is 11.5. The Morgan fingerprint density at radius 1 is 1.20 bits per heavy atom. The van der Waals surface area contributed by atoms with Gasteiger partial charge in [0.2, 0.25) is 0 Å². The van der Waals surface area contributed by atoms with Gasteiger partial charge in [-0.25, -0.2) is 0 Å². The average Bonchev–Trinajstić information content (AvgIpc) is 2.88. The van der Waals surface area contributed by atoms with Gasteiger partial charge in [0.05, 0.1) is 0 Å². The molecule has 1 spiro atoms. The minimum absolute atomic E-state index is 0.219. The van der Waals surface area contributed by atoms with Crippen molar-refractivity contribution >= 4 is 5.97 Å². The number of carboxylic acid groups (broad SMARTS) is 1. The van der Waals surface area contributed by atoms with E-state index in [1.165, 1.54) is 16.7 Å². The normalized spacial score (nSPS) is 24.0. The van der Waals surface area contributed by atoms with Crippen molar-refractivity contribution in [2.24, 2.45) is 5.41 Å². The van der Waals surface area contributed by atoms with Gasteiger partial charge in [0, 0.05) is 13.1 Å². The first kappa shape index (κ1) is 18.4. The highest BCUT2D eigenvalue weighted by atomic mass is 16.4. The molecule has 2 aliphatic heterocycles. The highest BCUT2D eigenvalue weighted by molar-refractivity contribution is 5.74. The first-order valence-corrected chi connectivity index (χ1v) is 9.67. The summed E-state index contributed by atoms with van der Waals surface area (Å²) in [6, 6.07) is 6.53. The van der Waals surface area contributed by atoms with Gasteiger partial charge < -0.3 is 5.11 Å². The Hall–Kier alpha value is -1.39. The molecule has 4 heteroatoms. The molecule has 1 aromatic rings. The zero-order valence-electron chi connectivity index (χ0n) is 15.9. The molecule has 1 N–H and O–H groups in total. The number of nitrogens with zero attached hydrogens (tertiary/aromatic N) is 2. The number of aryl methyl sites for hydroxylation is 2. The summed E-state index contributed by atoms with van der Waals surface area (Å²) < 4.78 is 0. The Morgan fingerprint density at radius 3 is 2.40 bits per heavy atom. The van der Waals surface area contributed by atoms with Gasteiger partial charge in [0.15, 0.2) is 0 Å². The number of benzene rings is 1. The molecule has 2 saturated heterocycles. The van der Waals surface area contributed by atoms with Crippen molar-refractivity contribution in [2.75, 3.05) is 26.2 Å². The Labute approximate surface area is 151 Å². The number of hydrogen-bond acceptors (Lipinski definition) is 3. The van der Waals surface area contributed by atoms with Crippen LogP contribution in [0.15, 0.2) is 18.2 Å². The second-order valence-electron chi connectivity index (χ2n) is 8.30. The van der Waals surface area contributed by atoms with Crippen LogP contribution in [0.3, 0.4) is 0 Å². The first-order chi connectivity index (χ1) is 11.9. The molecular weight excluding hydrogens is 312 g/mol. The summed E-state index contributed by atoms with van der Waals surface area (Å²) in [4.78, 5) is 16.4. The minimum atomic E-state index is -0.636. The fourth-order valence-corrected chi connectivity index (χ4v) is 4.88. The van der Waals surface area contributed by atoms with Gasteiger partial charge in [-0.3, -0.25) is 14.6 Å². The van der Waals surface area contributed by atoms with Gasteiger partial charge in [-0.05, 0) is 70.1 Å². The van der Waals surface area contributed by atoms with Crippen molar-refractivity contribution in [3.05, 3.63) is 34.9 Å². The van der Waals surface area contributed by atoms with E-state index in [2.05, 4.69) is 48.8 Å². The summed E-state index contributed by atoms with van der Waals surface area (Å²) in [6.07, 6.45) is 4.11. The van der Waals surface area contributed by atoms with Crippen LogP contribution in [-0.4, -0.2) is 53.1 Å². The molecule has 0 aromatic heterocycles. The largest absolute Gasteiger partial charge is 0.480 e. The molecular formula is C21H32N2O2. The maximum absolute atomic E-state index is 11.6. The van der Waals surface area contributed by atoms with Gasteiger partial charge in [-0.2, -0.15) is 0 Å². The fourth-order valence-electron chi connectivity index (χ4n) is 4.88. The number of aliphatic carboxylic acids is 1. The number of carbonyl (C=O) groups is 1. The maximum atomic E-state index is 11.6. The highest BCUT2D eigenvalue weighted by Gasteiger charge is 2.47. The molecule has 1 atom stereocenters. The van der Waals surface area contributed by atoms with Crippen LogP contribution in [-0.2, 0) is 11.3 Å².